The molecule has 2 aromatic rings. The van der Waals surface area contributed by atoms with Crippen LogP contribution in [0, 0.1) is 6.92 Å². The maximum atomic E-state index is 5.62. The summed E-state index contributed by atoms with van der Waals surface area (Å²) < 4.78 is 5.58. The highest BCUT2D eigenvalue weighted by molar-refractivity contribution is 6.17. The molecule has 0 saturated heterocycles. The number of alkyl halides is 1. The average Bonchev–Trinajstić information content (AvgIpc) is 2.50. The minimum absolute atomic E-state index is 0.620. The van der Waals surface area contributed by atoms with E-state index in [1.165, 1.54) is 5.56 Å². The molecule has 0 spiro atoms. The molecule has 2 aromatic carbocycles. The predicted molar refractivity (Wildman–Crippen MR) is 91.1 cm³/mol. The van der Waals surface area contributed by atoms with Crippen LogP contribution in [0.3, 0.4) is 0 Å². The van der Waals surface area contributed by atoms with Gasteiger partial charge in [-0.25, -0.2) is 0 Å². The molecule has 0 aliphatic rings. The fourth-order valence-corrected chi connectivity index (χ4v) is 1.99. The third kappa shape index (κ3) is 4.83. The molecular weight excluding hydrogens is 282 g/mol. The van der Waals surface area contributed by atoms with Gasteiger partial charge in [0.1, 0.15) is 5.75 Å². The summed E-state index contributed by atoms with van der Waals surface area (Å²) in [5.41, 5.74) is 4.18. The minimum Gasteiger partial charge on any atom is -0.494 e. The van der Waals surface area contributed by atoms with Crippen LogP contribution in [-0.4, -0.2) is 12.5 Å². The van der Waals surface area contributed by atoms with Crippen LogP contribution in [0.5, 0.6) is 5.75 Å². The van der Waals surface area contributed by atoms with E-state index in [4.69, 9.17) is 16.3 Å². The van der Waals surface area contributed by atoms with E-state index in [0.717, 1.165) is 29.1 Å². The number of nitrogens with one attached hydrogen (secondary N) is 1. The second-order valence-electron chi connectivity index (χ2n) is 4.88. The van der Waals surface area contributed by atoms with Crippen molar-refractivity contribution in [3.63, 3.8) is 0 Å². The zero-order valence-electron chi connectivity index (χ0n) is 12.2. The van der Waals surface area contributed by atoms with Gasteiger partial charge in [0.15, 0.2) is 0 Å². The van der Waals surface area contributed by atoms with Crippen molar-refractivity contribution in [1.82, 2.24) is 0 Å². The van der Waals surface area contributed by atoms with Crippen LogP contribution < -0.4 is 10.1 Å². The fourth-order valence-electron chi connectivity index (χ4n) is 1.88. The normalized spacial score (nSPS) is 10.2. The van der Waals surface area contributed by atoms with E-state index >= 15 is 0 Å². The summed E-state index contributed by atoms with van der Waals surface area (Å²) >= 11 is 5.62. The van der Waals surface area contributed by atoms with Crippen molar-refractivity contribution in [3.8, 4) is 5.75 Å². The second-order valence-corrected chi connectivity index (χ2v) is 5.26. The first-order chi connectivity index (χ1) is 10.2. The minimum atomic E-state index is 0.620. The molecular formula is C18H20ClNO. The van der Waals surface area contributed by atoms with E-state index in [-0.39, 0.29) is 0 Å². The summed E-state index contributed by atoms with van der Waals surface area (Å²) in [6.07, 6.45) is 0.852. The zero-order chi connectivity index (χ0) is 15.1. The molecule has 0 aliphatic heterocycles. The molecule has 0 bridgehead atoms. The molecule has 0 atom stereocenters. The van der Waals surface area contributed by atoms with Crippen LogP contribution in [-0.2, 0) is 0 Å². The van der Waals surface area contributed by atoms with Gasteiger partial charge in [0, 0.05) is 17.3 Å². The Morgan fingerprint density at radius 1 is 1.10 bits per heavy atom. The summed E-state index contributed by atoms with van der Waals surface area (Å²) in [6, 6.07) is 16.1. The van der Waals surface area contributed by atoms with Gasteiger partial charge in [-0.05, 0) is 55.3 Å². The first-order valence-corrected chi connectivity index (χ1v) is 7.54. The lowest BCUT2D eigenvalue weighted by Gasteiger charge is -2.11. The summed E-state index contributed by atoms with van der Waals surface area (Å²) in [5.74, 6) is 1.47. The van der Waals surface area contributed by atoms with Gasteiger partial charge in [0.05, 0.1) is 6.61 Å². The van der Waals surface area contributed by atoms with Crippen molar-refractivity contribution in [2.75, 3.05) is 17.8 Å². The van der Waals surface area contributed by atoms with Crippen LogP contribution in [0.2, 0.25) is 0 Å². The highest BCUT2D eigenvalue weighted by Crippen LogP contribution is 2.20. The molecule has 0 radical (unpaired) electrons. The Morgan fingerprint density at radius 2 is 1.76 bits per heavy atom. The monoisotopic (exact) mass is 301 g/mol. The smallest absolute Gasteiger partial charge is 0.119 e. The van der Waals surface area contributed by atoms with Crippen LogP contribution in [0.4, 0.5) is 5.69 Å². The lowest BCUT2D eigenvalue weighted by molar-refractivity contribution is 0.318. The third-order valence-corrected chi connectivity index (χ3v) is 3.36. The van der Waals surface area contributed by atoms with Crippen LogP contribution >= 0.6 is 11.6 Å². The quantitative estimate of drug-likeness (QED) is 0.568. The molecule has 0 unspecified atom stereocenters. The van der Waals surface area contributed by atoms with E-state index in [1.54, 1.807) is 0 Å². The number of ether oxygens (including phenoxy) is 1. The number of hydrogen-bond acceptors (Lipinski definition) is 2. The second kappa shape index (κ2) is 7.75. The summed E-state index contributed by atoms with van der Waals surface area (Å²) in [6.45, 7) is 6.79. The molecule has 0 heterocycles. The Bertz CT molecular complexity index is 575. The average molecular weight is 302 g/mol. The fraction of sp³-hybridized carbons (Fsp3) is 0.222. The lowest BCUT2D eigenvalue weighted by atomic mass is 10.1. The molecule has 0 aromatic heterocycles. The lowest BCUT2D eigenvalue weighted by Crippen LogP contribution is -1.99. The van der Waals surface area contributed by atoms with Crippen molar-refractivity contribution in [2.24, 2.45) is 0 Å². The Morgan fingerprint density at radius 3 is 2.38 bits per heavy atom. The van der Waals surface area contributed by atoms with Crippen molar-refractivity contribution >= 4 is 23.0 Å². The van der Waals surface area contributed by atoms with E-state index < -0.39 is 0 Å². The SMILES string of the molecule is C=C(Nc1ccc(C)cc1)c1ccc(OCCCCl)cc1. The molecule has 0 aliphatic carbocycles. The summed E-state index contributed by atoms with van der Waals surface area (Å²) in [5, 5.41) is 3.30. The maximum absolute atomic E-state index is 5.62. The van der Waals surface area contributed by atoms with E-state index in [9.17, 15) is 0 Å². The third-order valence-electron chi connectivity index (χ3n) is 3.10. The van der Waals surface area contributed by atoms with Gasteiger partial charge in [-0.1, -0.05) is 24.3 Å². The largest absolute Gasteiger partial charge is 0.494 e. The molecule has 2 nitrogen and oxygen atoms in total. The van der Waals surface area contributed by atoms with Gasteiger partial charge in [0.25, 0.3) is 0 Å². The topological polar surface area (TPSA) is 21.3 Å². The first kappa shape index (κ1) is 15.5. The van der Waals surface area contributed by atoms with Gasteiger partial charge >= 0.3 is 0 Å². The Hall–Kier alpha value is -1.93. The summed E-state index contributed by atoms with van der Waals surface area (Å²) in [7, 11) is 0. The number of anilines is 1. The molecule has 0 fully saturated rings. The standard InChI is InChI=1S/C18H20ClNO/c1-14-4-8-17(9-5-14)20-15(2)16-6-10-18(11-7-16)21-13-3-12-19/h4-11,20H,2-3,12-13H2,1H3. The Balaban J connectivity index is 1.94. The van der Waals surface area contributed by atoms with Gasteiger partial charge in [-0.3, -0.25) is 0 Å². The number of benzene rings is 2. The first-order valence-electron chi connectivity index (χ1n) is 7.01. The van der Waals surface area contributed by atoms with Crippen molar-refractivity contribution in [3.05, 3.63) is 66.2 Å². The highest BCUT2D eigenvalue weighted by atomic mass is 35.5. The molecule has 1 N–H and O–H groups in total. The number of rotatable bonds is 7. The molecule has 0 amide bonds. The van der Waals surface area contributed by atoms with E-state index in [1.807, 2.05) is 36.4 Å². The number of hydrogen-bond donors (Lipinski definition) is 1. The van der Waals surface area contributed by atoms with Gasteiger partial charge < -0.3 is 10.1 Å². The van der Waals surface area contributed by atoms with Gasteiger partial charge in [-0.2, -0.15) is 0 Å². The molecule has 21 heavy (non-hydrogen) atoms. The Kier molecular flexibility index (Phi) is 5.70. The number of halogens is 1. The van der Waals surface area contributed by atoms with Gasteiger partial charge in [0.2, 0.25) is 0 Å². The Labute approximate surface area is 131 Å². The highest BCUT2D eigenvalue weighted by Gasteiger charge is 2.01. The van der Waals surface area contributed by atoms with Crippen LogP contribution in [0.25, 0.3) is 5.70 Å². The van der Waals surface area contributed by atoms with Crippen molar-refractivity contribution in [1.29, 1.82) is 0 Å². The summed E-state index contributed by atoms with van der Waals surface area (Å²) in [4.78, 5) is 0. The molecule has 2 rings (SSSR count). The molecule has 3 heteroatoms. The van der Waals surface area contributed by atoms with E-state index in [2.05, 4.69) is 31.0 Å². The van der Waals surface area contributed by atoms with Crippen LogP contribution in [0.15, 0.2) is 55.1 Å². The van der Waals surface area contributed by atoms with E-state index in [0.29, 0.717) is 12.5 Å². The van der Waals surface area contributed by atoms with Crippen molar-refractivity contribution < 1.29 is 4.74 Å². The molecule has 0 saturated carbocycles. The number of aryl methyl sites for hydroxylation is 1. The molecule has 110 valence electrons. The van der Waals surface area contributed by atoms with Crippen molar-refractivity contribution in [2.45, 2.75) is 13.3 Å². The van der Waals surface area contributed by atoms with Gasteiger partial charge in [-0.15, -0.1) is 11.6 Å². The predicted octanol–water partition coefficient (Wildman–Crippen LogP) is 5.09. The maximum Gasteiger partial charge on any atom is 0.119 e. The van der Waals surface area contributed by atoms with Crippen LogP contribution in [0.1, 0.15) is 17.5 Å². The zero-order valence-corrected chi connectivity index (χ0v) is 13.0.